The summed E-state index contributed by atoms with van der Waals surface area (Å²) in [5.74, 6) is 0.129. The number of piperazine rings is 1. The van der Waals surface area contributed by atoms with Crippen LogP contribution in [0.2, 0.25) is 0 Å². The third kappa shape index (κ3) is 5.52. The number of rotatable bonds is 5. The predicted octanol–water partition coefficient (Wildman–Crippen LogP) is 4.15. The molecule has 1 aromatic rings. The van der Waals surface area contributed by atoms with Crippen molar-refractivity contribution in [2.75, 3.05) is 40.3 Å². The van der Waals surface area contributed by atoms with Crippen LogP contribution < -0.4 is 10.6 Å². The van der Waals surface area contributed by atoms with Crippen LogP contribution in [-0.2, 0) is 9.59 Å². The summed E-state index contributed by atoms with van der Waals surface area (Å²) in [6.07, 6.45) is 18.9. The van der Waals surface area contributed by atoms with Gasteiger partial charge in [-0.1, -0.05) is 42.5 Å². The number of carbonyl (C=O) groups excluding carboxylic acids is 2. The fourth-order valence-corrected chi connectivity index (χ4v) is 7.13. The number of amides is 2. The average Bonchev–Trinajstić information content (AvgIpc) is 3.65. The van der Waals surface area contributed by atoms with Crippen molar-refractivity contribution in [2.24, 2.45) is 22.2 Å². The lowest BCUT2D eigenvalue weighted by Crippen LogP contribution is -2.61. The van der Waals surface area contributed by atoms with E-state index in [1.165, 1.54) is 17.7 Å². The van der Waals surface area contributed by atoms with Crippen LogP contribution in [0.4, 0.5) is 4.39 Å². The Balaban J connectivity index is 1.35. The monoisotopic (exact) mass is 581 g/mol. The zero-order chi connectivity index (χ0) is 30.4. The maximum atomic E-state index is 13.7. The fourth-order valence-electron chi connectivity index (χ4n) is 7.13. The third-order valence-electron chi connectivity index (χ3n) is 9.46. The van der Waals surface area contributed by atoms with E-state index in [4.69, 9.17) is 4.99 Å². The summed E-state index contributed by atoms with van der Waals surface area (Å²) in [7, 11) is 3.94. The highest BCUT2D eigenvalue weighted by Crippen LogP contribution is 2.49. The van der Waals surface area contributed by atoms with Crippen molar-refractivity contribution >= 4 is 24.2 Å². The highest BCUT2D eigenvalue weighted by atomic mass is 19.1. The van der Waals surface area contributed by atoms with Crippen LogP contribution >= 0.6 is 0 Å². The number of fused-ring (bicyclic) bond motifs is 3. The number of carbonyl (C=O) groups is 2. The predicted molar refractivity (Wildman–Crippen MR) is 167 cm³/mol. The molecule has 222 valence electrons. The van der Waals surface area contributed by atoms with E-state index < -0.39 is 6.04 Å². The molecule has 4 unspecified atom stereocenters. The number of allylic oxidation sites excluding steroid dienone is 8. The number of halogens is 1. The Morgan fingerprint density at radius 3 is 2.63 bits per heavy atom. The van der Waals surface area contributed by atoms with Crippen molar-refractivity contribution in [1.82, 2.24) is 10.6 Å². The maximum Gasteiger partial charge on any atom is 0.315 e. The molecule has 1 aromatic carbocycles. The molecule has 1 saturated carbocycles. The highest BCUT2D eigenvalue weighted by Gasteiger charge is 2.49. The van der Waals surface area contributed by atoms with Crippen molar-refractivity contribution in [1.29, 1.82) is 0 Å². The van der Waals surface area contributed by atoms with Gasteiger partial charge in [-0.2, -0.15) is 0 Å². The van der Waals surface area contributed by atoms with E-state index in [0.29, 0.717) is 24.1 Å². The Morgan fingerprint density at radius 2 is 1.93 bits per heavy atom. The lowest BCUT2D eigenvalue weighted by molar-refractivity contribution is -0.923. The number of likely N-dealkylation sites (N-methyl/N-ethyl adjacent to an activating group) is 1. The largest absolute Gasteiger partial charge is 0.345 e. The molecular weight excluding hydrogens is 541 g/mol. The lowest BCUT2D eigenvalue weighted by Gasteiger charge is -2.44. The molecule has 6 rings (SSSR count). The Bertz CT molecular complexity index is 1590. The van der Waals surface area contributed by atoms with Crippen LogP contribution in [0.5, 0.6) is 0 Å². The van der Waals surface area contributed by atoms with Gasteiger partial charge in [-0.25, -0.2) is 19.1 Å². The molecule has 1 saturated heterocycles. The van der Waals surface area contributed by atoms with Gasteiger partial charge in [0, 0.05) is 22.5 Å². The molecule has 0 aromatic heterocycles. The minimum atomic E-state index is -0.470. The number of hydrogen-bond acceptors (Lipinski definition) is 3. The van der Waals surface area contributed by atoms with Gasteiger partial charge in [-0.3, -0.25) is 9.79 Å². The average molecular weight is 582 g/mol. The van der Waals surface area contributed by atoms with E-state index in [2.05, 4.69) is 66.9 Å². The lowest BCUT2D eigenvalue weighted by atomic mass is 9.83. The Hall–Kier alpha value is -4.17. The van der Waals surface area contributed by atoms with Crippen molar-refractivity contribution in [3.8, 4) is 0 Å². The molecule has 8 heteroatoms. The molecular formula is C35H40FN5O2+2. The van der Waals surface area contributed by atoms with Gasteiger partial charge in [-0.05, 0) is 61.3 Å². The summed E-state index contributed by atoms with van der Waals surface area (Å²) >= 11 is 0. The number of hydrogen-bond donors (Lipinski definition) is 2. The first-order chi connectivity index (χ1) is 20.6. The summed E-state index contributed by atoms with van der Waals surface area (Å²) < 4.78 is 15.9. The molecule has 0 radical (unpaired) electrons. The molecule has 5 aliphatic rings. The van der Waals surface area contributed by atoms with Crippen molar-refractivity contribution in [3.63, 3.8) is 0 Å². The van der Waals surface area contributed by atoms with Crippen LogP contribution in [-0.4, -0.2) is 73.6 Å². The van der Waals surface area contributed by atoms with Crippen LogP contribution in [0.3, 0.4) is 0 Å². The van der Waals surface area contributed by atoms with Gasteiger partial charge in [0.1, 0.15) is 12.4 Å². The SMILES string of the molecule is C=[N+](C)C1=C(C=CC)C2CC3=CCC4(C=CC(C[N+]5(C)CCNC(=O)C5c5ccc(F)cc5)=NCC=C3C2C(=O)N1)C=C4. The van der Waals surface area contributed by atoms with E-state index in [1.807, 2.05) is 20.0 Å². The van der Waals surface area contributed by atoms with Gasteiger partial charge >= 0.3 is 5.91 Å². The molecule has 4 atom stereocenters. The van der Waals surface area contributed by atoms with Gasteiger partial charge in [0.25, 0.3) is 11.7 Å². The van der Waals surface area contributed by atoms with E-state index >= 15 is 0 Å². The van der Waals surface area contributed by atoms with E-state index in [1.54, 1.807) is 16.7 Å². The molecule has 2 fully saturated rings. The zero-order valence-corrected chi connectivity index (χ0v) is 25.1. The second-order valence-electron chi connectivity index (χ2n) is 12.6. The number of benzene rings is 1. The topological polar surface area (TPSA) is 73.6 Å². The summed E-state index contributed by atoms with van der Waals surface area (Å²) in [6.45, 7) is 8.31. The smallest absolute Gasteiger partial charge is 0.315 e. The first-order valence-corrected chi connectivity index (χ1v) is 15.0. The third-order valence-corrected chi connectivity index (χ3v) is 9.46. The number of nitrogens with one attached hydrogen (secondary N) is 2. The van der Waals surface area contributed by atoms with Gasteiger partial charge < -0.3 is 9.80 Å². The zero-order valence-electron chi connectivity index (χ0n) is 25.1. The number of nitrogens with zero attached hydrogens (tertiary/aromatic N) is 3. The molecule has 7 nitrogen and oxygen atoms in total. The summed E-state index contributed by atoms with van der Waals surface area (Å²) in [5.41, 5.74) is 4.91. The Kier molecular flexibility index (Phi) is 7.50. The second-order valence-corrected chi connectivity index (χ2v) is 12.6. The van der Waals surface area contributed by atoms with Gasteiger partial charge in [0.05, 0.1) is 52.1 Å². The standard InChI is InChI=1S/C35H38FN5O2/c1-5-6-28-29-21-24-11-14-35(16-17-35)15-12-26(37-18-13-27(24)30(29)33(42)39-32(28)40(2)3)22-41(4)20-19-38-34(43)31(41)23-7-9-25(36)10-8-23/h5-13,15-17,29-31H,2,14,18-22H2,1,3-4H3/p+2. The van der Waals surface area contributed by atoms with Crippen LogP contribution in [0.25, 0.3) is 0 Å². The van der Waals surface area contributed by atoms with E-state index in [-0.39, 0.29) is 34.9 Å². The molecule has 1 spiro atoms. The van der Waals surface area contributed by atoms with Crippen molar-refractivity contribution in [3.05, 3.63) is 107 Å². The Labute approximate surface area is 252 Å². The van der Waals surface area contributed by atoms with Crippen molar-refractivity contribution in [2.45, 2.75) is 25.8 Å². The molecule has 3 aliphatic heterocycles. The molecule has 2 N–H and O–H groups in total. The maximum absolute atomic E-state index is 13.7. The quantitative estimate of drug-likeness (QED) is 0.237. The second kappa shape index (κ2) is 11.2. The number of aliphatic imine (C=N–C) groups is 1. The molecule has 2 amide bonds. The van der Waals surface area contributed by atoms with Crippen LogP contribution in [0.15, 0.2) is 100 Å². The van der Waals surface area contributed by atoms with Crippen LogP contribution in [0.1, 0.15) is 31.4 Å². The molecule has 3 heterocycles. The minimum absolute atomic E-state index is 0.00519. The highest BCUT2D eigenvalue weighted by molar-refractivity contribution is 5.97. The van der Waals surface area contributed by atoms with Gasteiger partial charge in [0.15, 0.2) is 6.04 Å². The van der Waals surface area contributed by atoms with Gasteiger partial charge in [0.2, 0.25) is 0 Å². The van der Waals surface area contributed by atoms with Gasteiger partial charge in [-0.15, -0.1) is 0 Å². The molecule has 0 bridgehead atoms. The number of quaternary nitrogens is 1. The van der Waals surface area contributed by atoms with Crippen molar-refractivity contribution < 1.29 is 23.0 Å². The normalized spacial score (nSPS) is 29.7. The molecule has 43 heavy (non-hydrogen) atoms. The van der Waals surface area contributed by atoms with Crippen LogP contribution in [0, 0.1) is 23.1 Å². The van der Waals surface area contributed by atoms with E-state index in [9.17, 15) is 14.0 Å². The first kappa shape index (κ1) is 28.9. The first-order valence-electron chi connectivity index (χ1n) is 15.0. The minimum Gasteiger partial charge on any atom is -0.345 e. The van der Waals surface area contributed by atoms with E-state index in [0.717, 1.165) is 47.6 Å². The summed E-state index contributed by atoms with van der Waals surface area (Å²) in [5, 5.41) is 6.12. The Morgan fingerprint density at radius 1 is 1.16 bits per heavy atom. The summed E-state index contributed by atoms with van der Waals surface area (Å²) in [4.78, 5) is 31.8. The summed E-state index contributed by atoms with van der Waals surface area (Å²) in [6, 6.07) is 5.77. The fraction of sp³-hybridized carbons (Fsp3) is 0.371. The molecule has 2 aliphatic carbocycles.